The monoisotopic (exact) mass is 441 g/mol. The van der Waals surface area contributed by atoms with E-state index in [1.807, 2.05) is 60.8 Å². The van der Waals surface area contributed by atoms with Gasteiger partial charge in [0.05, 0.1) is 0 Å². The molecule has 0 saturated heterocycles. The quantitative estimate of drug-likeness (QED) is 0.313. The Morgan fingerprint density at radius 2 is 1.31 bits per heavy atom. The number of aromatic hydroxyl groups is 2. The van der Waals surface area contributed by atoms with E-state index in [4.69, 9.17) is 0 Å². The molecule has 0 amide bonds. The maximum absolute atomic E-state index is 10.8. The Bertz CT molecular complexity index is 1380. The van der Waals surface area contributed by atoms with Gasteiger partial charge in [-0.15, -0.1) is 0 Å². The molecule has 0 radical (unpaired) electrons. The van der Waals surface area contributed by atoms with E-state index in [1.54, 1.807) is 18.3 Å². The van der Waals surface area contributed by atoms with Crippen LogP contribution in [0, 0.1) is 0 Å². The van der Waals surface area contributed by atoms with Gasteiger partial charge >= 0.3 is 0 Å². The van der Waals surface area contributed by atoms with Crippen LogP contribution in [-0.4, -0.2) is 15.2 Å². The van der Waals surface area contributed by atoms with Crippen molar-refractivity contribution in [1.29, 1.82) is 0 Å². The van der Waals surface area contributed by atoms with Crippen LogP contribution in [0.2, 0.25) is 0 Å². The largest absolute Gasteiger partial charge is 0.507 e. The molecule has 140 valence electrons. The standard InChI is InChI=1S/C25H16BrNO2/c26-19-6-8-21-17(13-19)5-10-23(29)25(21)24-20-7-3-15(18-2-1-11-27-14-18)12-16(20)4-9-22(24)28/h1-14,28-29H. The summed E-state index contributed by atoms with van der Waals surface area (Å²) in [5.41, 5.74) is 3.34. The first-order valence-electron chi connectivity index (χ1n) is 9.19. The number of nitrogens with zero attached hydrogens (tertiary/aromatic N) is 1. The average molecular weight is 442 g/mol. The molecule has 5 aromatic rings. The minimum Gasteiger partial charge on any atom is -0.507 e. The van der Waals surface area contributed by atoms with Crippen LogP contribution in [-0.2, 0) is 0 Å². The Morgan fingerprint density at radius 3 is 1.97 bits per heavy atom. The summed E-state index contributed by atoms with van der Waals surface area (Å²) in [7, 11) is 0. The van der Waals surface area contributed by atoms with Gasteiger partial charge < -0.3 is 10.2 Å². The number of rotatable bonds is 2. The lowest BCUT2D eigenvalue weighted by Gasteiger charge is -2.15. The first-order valence-corrected chi connectivity index (χ1v) is 9.99. The van der Waals surface area contributed by atoms with E-state index < -0.39 is 0 Å². The Labute approximate surface area is 176 Å². The second-order valence-corrected chi connectivity index (χ2v) is 7.88. The molecule has 0 saturated carbocycles. The van der Waals surface area contributed by atoms with Gasteiger partial charge in [0, 0.05) is 33.6 Å². The number of pyridine rings is 1. The number of benzene rings is 4. The Morgan fingerprint density at radius 1 is 0.655 bits per heavy atom. The number of phenolic OH excluding ortho intramolecular Hbond substituents is 2. The molecular formula is C25H16BrNO2. The fraction of sp³-hybridized carbons (Fsp3) is 0. The van der Waals surface area contributed by atoms with Crippen LogP contribution < -0.4 is 0 Å². The van der Waals surface area contributed by atoms with Crippen LogP contribution >= 0.6 is 15.9 Å². The van der Waals surface area contributed by atoms with Gasteiger partial charge in [-0.1, -0.05) is 52.3 Å². The molecule has 1 heterocycles. The number of aromatic nitrogens is 1. The predicted octanol–water partition coefficient (Wildman–Crippen LogP) is 6.90. The Kier molecular flexibility index (Phi) is 4.22. The van der Waals surface area contributed by atoms with Crippen molar-refractivity contribution in [3.05, 3.63) is 89.7 Å². The highest BCUT2D eigenvalue weighted by Crippen LogP contribution is 2.45. The minimum atomic E-state index is 0.136. The number of hydrogen-bond donors (Lipinski definition) is 2. The van der Waals surface area contributed by atoms with Crippen molar-refractivity contribution >= 4 is 37.5 Å². The van der Waals surface area contributed by atoms with Gasteiger partial charge in [0.2, 0.25) is 0 Å². The van der Waals surface area contributed by atoms with Crippen molar-refractivity contribution in [2.24, 2.45) is 0 Å². The summed E-state index contributed by atoms with van der Waals surface area (Å²) in [5.74, 6) is 0.274. The van der Waals surface area contributed by atoms with E-state index in [9.17, 15) is 10.2 Å². The van der Waals surface area contributed by atoms with Crippen LogP contribution in [0.3, 0.4) is 0 Å². The highest BCUT2D eigenvalue weighted by molar-refractivity contribution is 9.10. The lowest BCUT2D eigenvalue weighted by molar-refractivity contribution is 0.470. The van der Waals surface area contributed by atoms with Crippen LogP contribution in [0.25, 0.3) is 43.8 Å². The molecule has 1 aromatic heterocycles. The molecule has 0 unspecified atom stereocenters. The van der Waals surface area contributed by atoms with Gasteiger partial charge in [0.15, 0.2) is 0 Å². The minimum absolute atomic E-state index is 0.136. The van der Waals surface area contributed by atoms with E-state index in [1.165, 1.54) is 0 Å². The highest BCUT2D eigenvalue weighted by atomic mass is 79.9. The molecule has 0 spiro atoms. The maximum Gasteiger partial charge on any atom is 0.124 e. The lowest BCUT2D eigenvalue weighted by atomic mass is 9.91. The zero-order chi connectivity index (χ0) is 20.0. The van der Waals surface area contributed by atoms with Crippen LogP contribution in [0.1, 0.15) is 0 Å². The Balaban J connectivity index is 1.81. The zero-order valence-corrected chi connectivity index (χ0v) is 16.9. The van der Waals surface area contributed by atoms with Crippen LogP contribution in [0.15, 0.2) is 89.7 Å². The summed E-state index contributed by atoms with van der Waals surface area (Å²) in [5, 5.41) is 25.2. The van der Waals surface area contributed by atoms with E-state index in [-0.39, 0.29) is 11.5 Å². The number of fused-ring (bicyclic) bond motifs is 2. The molecule has 29 heavy (non-hydrogen) atoms. The van der Waals surface area contributed by atoms with Crippen molar-refractivity contribution < 1.29 is 10.2 Å². The molecule has 0 aliphatic rings. The molecule has 0 aliphatic carbocycles. The summed E-state index contributed by atoms with van der Waals surface area (Å²) in [4.78, 5) is 4.20. The summed E-state index contributed by atoms with van der Waals surface area (Å²) >= 11 is 3.50. The van der Waals surface area contributed by atoms with Crippen molar-refractivity contribution in [3.63, 3.8) is 0 Å². The average Bonchev–Trinajstić information content (AvgIpc) is 2.75. The number of phenols is 2. The van der Waals surface area contributed by atoms with Crippen molar-refractivity contribution in [3.8, 4) is 33.8 Å². The molecule has 4 aromatic carbocycles. The SMILES string of the molecule is Oc1ccc2cc(Br)ccc2c1-c1c(O)ccc2cc(-c3cccnc3)ccc12. The van der Waals surface area contributed by atoms with E-state index in [0.717, 1.165) is 37.1 Å². The topological polar surface area (TPSA) is 53.4 Å². The molecule has 0 bridgehead atoms. The van der Waals surface area contributed by atoms with Gasteiger partial charge in [-0.2, -0.15) is 0 Å². The molecular weight excluding hydrogens is 426 g/mol. The molecule has 0 fully saturated rings. The molecule has 4 heteroatoms. The third kappa shape index (κ3) is 3.02. The molecule has 0 aliphatic heterocycles. The number of halogens is 1. The van der Waals surface area contributed by atoms with E-state index in [2.05, 4.69) is 27.0 Å². The first kappa shape index (κ1) is 17.7. The number of hydrogen-bond acceptors (Lipinski definition) is 3. The van der Waals surface area contributed by atoms with Gasteiger partial charge in [0.25, 0.3) is 0 Å². The van der Waals surface area contributed by atoms with Crippen LogP contribution in [0.4, 0.5) is 0 Å². The summed E-state index contributed by atoms with van der Waals surface area (Å²) in [6.07, 6.45) is 3.58. The predicted molar refractivity (Wildman–Crippen MR) is 121 cm³/mol. The lowest BCUT2D eigenvalue weighted by Crippen LogP contribution is -1.88. The van der Waals surface area contributed by atoms with Gasteiger partial charge in [0.1, 0.15) is 11.5 Å². The van der Waals surface area contributed by atoms with Gasteiger partial charge in [-0.05, 0) is 63.5 Å². The summed E-state index contributed by atoms with van der Waals surface area (Å²) in [6, 6.07) is 23.0. The van der Waals surface area contributed by atoms with Gasteiger partial charge in [-0.25, -0.2) is 0 Å². The fourth-order valence-electron chi connectivity index (χ4n) is 3.85. The second-order valence-electron chi connectivity index (χ2n) is 6.96. The normalized spacial score (nSPS) is 11.2. The van der Waals surface area contributed by atoms with E-state index in [0.29, 0.717) is 11.1 Å². The highest BCUT2D eigenvalue weighted by Gasteiger charge is 2.17. The summed E-state index contributed by atoms with van der Waals surface area (Å²) < 4.78 is 0.963. The van der Waals surface area contributed by atoms with Crippen LogP contribution in [0.5, 0.6) is 11.5 Å². The summed E-state index contributed by atoms with van der Waals surface area (Å²) in [6.45, 7) is 0. The van der Waals surface area contributed by atoms with Crippen molar-refractivity contribution in [2.45, 2.75) is 0 Å². The zero-order valence-electron chi connectivity index (χ0n) is 15.3. The molecule has 2 N–H and O–H groups in total. The smallest absolute Gasteiger partial charge is 0.124 e. The fourth-order valence-corrected chi connectivity index (χ4v) is 4.22. The third-order valence-corrected chi connectivity index (χ3v) is 5.70. The molecule has 0 atom stereocenters. The third-order valence-electron chi connectivity index (χ3n) is 5.20. The van der Waals surface area contributed by atoms with E-state index >= 15 is 0 Å². The van der Waals surface area contributed by atoms with Crippen molar-refractivity contribution in [2.75, 3.05) is 0 Å². The molecule has 5 rings (SSSR count). The van der Waals surface area contributed by atoms with Crippen molar-refractivity contribution in [1.82, 2.24) is 4.98 Å². The molecule has 3 nitrogen and oxygen atoms in total. The Hall–Kier alpha value is -3.37. The van der Waals surface area contributed by atoms with Gasteiger partial charge in [-0.3, -0.25) is 4.98 Å². The first-order chi connectivity index (χ1) is 14.1. The second kappa shape index (κ2) is 6.90. The maximum atomic E-state index is 10.8.